The number of ketones is 1. The van der Waals surface area contributed by atoms with Crippen molar-refractivity contribution in [1.29, 1.82) is 0 Å². The molecule has 3 rings (SSSR count). The predicted octanol–water partition coefficient (Wildman–Crippen LogP) is 2.54. The van der Waals surface area contributed by atoms with E-state index in [0.717, 1.165) is 18.5 Å². The molecule has 17 heavy (non-hydrogen) atoms. The number of benzene rings is 1. The summed E-state index contributed by atoms with van der Waals surface area (Å²) in [4.78, 5) is 15.2. The van der Waals surface area contributed by atoms with Crippen molar-refractivity contribution in [2.45, 2.75) is 19.3 Å². The van der Waals surface area contributed by atoms with Crippen LogP contribution in [0.4, 0.5) is 0 Å². The number of fused-ring (bicyclic) bond motifs is 1. The summed E-state index contributed by atoms with van der Waals surface area (Å²) in [6.45, 7) is 0. The fourth-order valence-corrected chi connectivity index (χ4v) is 2.59. The third kappa shape index (κ3) is 2.03. The van der Waals surface area contributed by atoms with Gasteiger partial charge in [-0.3, -0.25) is 4.79 Å². The second-order valence-electron chi connectivity index (χ2n) is 4.71. The topological polar surface area (TPSA) is 32.9 Å². The predicted molar refractivity (Wildman–Crippen MR) is 66.8 cm³/mol. The molecule has 0 fully saturated rings. The van der Waals surface area contributed by atoms with Gasteiger partial charge in [0.15, 0.2) is 0 Å². The minimum atomic E-state index is 0.142. The van der Waals surface area contributed by atoms with Gasteiger partial charge >= 0.3 is 0 Å². The van der Waals surface area contributed by atoms with Gasteiger partial charge in [0.05, 0.1) is 0 Å². The quantitative estimate of drug-likeness (QED) is 0.837. The molecule has 2 heteroatoms. The third-order valence-electron chi connectivity index (χ3n) is 3.53. The molecule has 0 bridgehead atoms. The van der Waals surface area contributed by atoms with Gasteiger partial charge in [0.1, 0.15) is 5.78 Å². The first kappa shape index (κ1) is 10.3. The van der Waals surface area contributed by atoms with Crippen LogP contribution in [0.1, 0.15) is 16.8 Å². The Morgan fingerprint density at radius 3 is 2.71 bits per heavy atom. The molecular formula is C15H15NO. The number of H-pyrrole nitrogens is 1. The first-order valence-corrected chi connectivity index (χ1v) is 6.04. The van der Waals surface area contributed by atoms with E-state index in [2.05, 4.69) is 23.2 Å². The van der Waals surface area contributed by atoms with Crippen molar-refractivity contribution < 1.29 is 4.79 Å². The van der Waals surface area contributed by atoms with Crippen molar-refractivity contribution in [2.24, 2.45) is 5.92 Å². The number of Topliss-reactive ketones (excluding diaryl/α,β-unsaturated/α-hetero) is 1. The summed E-state index contributed by atoms with van der Waals surface area (Å²) in [6, 6.07) is 12.3. The minimum Gasteiger partial charge on any atom is -0.365 e. The highest BCUT2D eigenvalue weighted by molar-refractivity contribution is 5.85. The lowest BCUT2D eigenvalue weighted by Crippen LogP contribution is -2.27. The van der Waals surface area contributed by atoms with Crippen molar-refractivity contribution in [3.8, 4) is 0 Å². The summed E-state index contributed by atoms with van der Waals surface area (Å²) >= 11 is 0. The lowest BCUT2D eigenvalue weighted by molar-refractivity contribution is -0.122. The lowest BCUT2D eigenvalue weighted by Gasteiger charge is -2.23. The molecule has 0 radical (unpaired) electrons. The van der Waals surface area contributed by atoms with Gasteiger partial charge in [-0.25, -0.2) is 0 Å². The molecule has 0 amide bonds. The standard InChI is InChI=1S/C15H15NO/c17-15-10-12-5-2-1-4-11(12)8-13(15)9-14-6-3-7-16-14/h1-7,13,16H,8-10H2. The van der Waals surface area contributed by atoms with Gasteiger partial charge in [0.25, 0.3) is 0 Å². The molecule has 0 saturated heterocycles. The van der Waals surface area contributed by atoms with Crippen LogP contribution >= 0.6 is 0 Å². The van der Waals surface area contributed by atoms with Crippen LogP contribution in [0.3, 0.4) is 0 Å². The van der Waals surface area contributed by atoms with Gasteiger partial charge in [0.2, 0.25) is 0 Å². The third-order valence-corrected chi connectivity index (χ3v) is 3.53. The maximum absolute atomic E-state index is 12.1. The molecule has 86 valence electrons. The highest BCUT2D eigenvalue weighted by Gasteiger charge is 2.26. The molecule has 1 heterocycles. The van der Waals surface area contributed by atoms with Gasteiger partial charge in [0, 0.05) is 24.2 Å². The van der Waals surface area contributed by atoms with Crippen molar-refractivity contribution in [2.75, 3.05) is 0 Å². The van der Waals surface area contributed by atoms with Gasteiger partial charge in [-0.05, 0) is 36.1 Å². The number of hydrogen-bond donors (Lipinski definition) is 1. The Balaban J connectivity index is 1.82. The number of nitrogens with one attached hydrogen (secondary N) is 1. The molecule has 1 aliphatic rings. The minimum absolute atomic E-state index is 0.142. The molecule has 0 spiro atoms. The van der Waals surface area contributed by atoms with Crippen LogP contribution in [-0.2, 0) is 24.1 Å². The van der Waals surface area contributed by atoms with E-state index in [0.29, 0.717) is 12.2 Å². The molecule has 1 unspecified atom stereocenters. The highest BCUT2D eigenvalue weighted by Crippen LogP contribution is 2.25. The zero-order valence-corrected chi connectivity index (χ0v) is 9.65. The Bertz CT molecular complexity index is 528. The largest absolute Gasteiger partial charge is 0.365 e. The number of carbonyl (C=O) groups excluding carboxylic acids is 1. The zero-order valence-electron chi connectivity index (χ0n) is 9.65. The average Bonchev–Trinajstić information content (AvgIpc) is 2.83. The van der Waals surface area contributed by atoms with E-state index in [-0.39, 0.29) is 5.92 Å². The number of carbonyl (C=O) groups is 1. The molecule has 1 N–H and O–H groups in total. The smallest absolute Gasteiger partial charge is 0.141 e. The summed E-state index contributed by atoms with van der Waals surface area (Å²) in [5.74, 6) is 0.516. The lowest BCUT2D eigenvalue weighted by atomic mass is 9.81. The summed E-state index contributed by atoms with van der Waals surface area (Å²) in [6.07, 6.45) is 4.23. The van der Waals surface area contributed by atoms with Crippen molar-refractivity contribution in [3.63, 3.8) is 0 Å². The Hall–Kier alpha value is -1.83. The van der Waals surface area contributed by atoms with Crippen LogP contribution < -0.4 is 0 Å². The van der Waals surface area contributed by atoms with E-state index >= 15 is 0 Å². The second-order valence-corrected chi connectivity index (χ2v) is 4.71. The summed E-state index contributed by atoms with van der Waals surface area (Å²) in [5.41, 5.74) is 3.70. The maximum Gasteiger partial charge on any atom is 0.141 e. The molecule has 0 saturated carbocycles. The van der Waals surface area contributed by atoms with E-state index in [1.54, 1.807) is 0 Å². The summed E-state index contributed by atoms with van der Waals surface area (Å²) < 4.78 is 0. The Kier molecular flexibility index (Phi) is 2.56. The maximum atomic E-state index is 12.1. The molecule has 0 aliphatic heterocycles. The summed E-state index contributed by atoms with van der Waals surface area (Å²) in [5, 5.41) is 0. The first-order chi connectivity index (χ1) is 8.33. The van der Waals surface area contributed by atoms with E-state index in [9.17, 15) is 4.79 Å². The van der Waals surface area contributed by atoms with Crippen LogP contribution in [-0.4, -0.2) is 10.8 Å². The van der Waals surface area contributed by atoms with Crippen molar-refractivity contribution >= 4 is 5.78 Å². The molecule has 2 nitrogen and oxygen atoms in total. The molecule has 1 aromatic carbocycles. The van der Waals surface area contributed by atoms with Gasteiger partial charge in [-0.1, -0.05) is 24.3 Å². The second kappa shape index (κ2) is 4.21. The number of aromatic nitrogens is 1. The van der Waals surface area contributed by atoms with Gasteiger partial charge in [-0.15, -0.1) is 0 Å². The fourth-order valence-electron chi connectivity index (χ4n) is 2.59. The summed E-state index contributed by atoms with van der Waals surface area (Å²) in [7, 11) is 0. The normalized spacial score (nSPS) is 19.1. The Labute approximate surface area is 101 Å². The fraction of sp³-hybridized carbons (Fsp3) is 0.267. The van der Waals surface area contributed by atoms with Gasteiger partial charge in [-0.2, -0.15) is 0 Å². The van der Waals surface area contributed by atoms with Crippen molar-refractivity contribution in [3.05, 3.63) is 59.4 Å². The monoisotopic (exact) mass is 225 g/mol. The van der Waals surface area contributed by atoms with E-state index < -0.39 is 0 Å². The SMILES string of the molecule is O=C1Cc2ccccc2CC1Cc1ccc[nH]1. The van der Waals surface area contributed by atoms with Crippen LogP contribution in [0.15, 0.2) is 42.6 Å². The van der Waals surface area contributed by atoms with Crippen LogP contribution in [0.25, 0.3) is 0 Å². The van der Waals surface area contributed by atoms with Crippen molar-refractivity contribution in [1.82, 2.24) is 4.98 Å². The molecule has 2 aromatic rings. The van der Waals surface area contributed by atoms with Gasteiger partial charge < -0.3 is 4.98 Å². The number of hydrogen-bond acceptors (Lipinski definition) is 1. The van der Waals surface area contributed by atoms with E-state index in [1.165, 1.54) is 11.1 Å². The van der Waals surface area contributed by atoms with E-state index in [1.807, 2.05) is 24.4 Å². The number of rotatable bonds is 2. The number of aromatic amines is 1. The Morgan fingerprint density at radius 2 is 1.94 bits per heavy atom. The van der Waals surface area contributed by atoms with Crippen LogP contribution in [0, 0.1) is 5.92 Å². The molecule has 1 aromatic heterocycles. The first-order valence-electron chi connectivity index (χ1n) is 6.04. The Morgan fingerprint density at radius 1 is 1.12 bits per heavy atom. The van der Waals surface area contributed by atoms with E-state index in [4.69, 9.17) is 0 Å². The zero-order chi connectivity index (χ0) is 11.7. The van der Waals surface area contributed by atoms with Crippen LogP contribution in [0.2, 0.25) is 0 Å². The molecular weight excluding hydrogens is 210 g/mol. The molecule has 1 atom stereocenters. The van der Waals surface area contributed by atoms with Crippen LogP contribution in [0.5, 0.6) is 0 Å². The highest BCUT2D eigenvalue weighted by atomic mass is 16.1. The average molecular weight is 225 g/mol. The molecule has 1 aliphatic carbocycles.